The standard InChI is InChI=1S/C11H14O3S3/c1-6-8(3-15)11-9(4-16-11)7(2)10(6)5-17(12,13)14/h15H,3-5H2,1-2H3,(H,12,13,14). The fraction of sp³-hybridized carbons (Fsp3) is 0.455. The van der Waals surface area contributed by atoms with Crippen molar-refractivity contribution in [1.29, 1.82) is 0 Å². The summed E-state index contributed by atoms with van der Waals surface area (Å²) in [6, 6.07) is 0. The maximum absolute atomic E-state index is 11.1. The molecule has 1 aromatic carbocycles. The van der Waals surface area contributed by atoms with Crippen molar-refractivity contribution in [3.8, 4) is 0 Å². The van der Waals surface area contributed by atoms with Gasteiger partial charge in [0, 0.05) is 16.4 Å². The van der Waals surface area contributed by atoms with Crippen LogP contribution in [0, 0.1) is 13.8 Å². The molecular formula is C11H14O3S3. The first kappa shape index (κ1) is 13.3. The minimum atomic E-state index is -3.98. The molecule has 0 amide bonds. The van der Waals surface area contributed by atoms with Crippen LogP contribution in [0.15, 0.2) is 4.90 Å². The van der Waals surface area contributed by atoms with Gasteiger partial charge in [-0.2, -0.15) is 21.0 Å². The molecule has 2 rings (SSSR count). The molecule has 0 saturated carbocycles. The Morgan fingerprint density at radius 2 is 1.94 bits per heavy atom. The topological polar surface area (TPSA) is 54.4 Å². The second-order valence-corrected chi connectivity index (χ2v) is 6.94. The lowest BCUT2D eigenvalue weighted by molar-refractivity contribution is 0.482. The molecule has 0 aromatic heterocycles. The zero-order valence-electron chi connectivity index (χ0n) is 9.65. The van der Waals surface area contributed by atoms with Crippen molar-refractivity contribution in [3.05, 3.63) is 27.8 Å². The molecule has 0 spiro atoms. The van der Waals surface area contributed by atoms with Gasteiger partial charge in [-0.05, 0) is 41.7 Å². The molecule has 1 aromatic rings. The van der Waals surface area contributed by atoms with Gasteiger partial charge in [-0.3, -0.25) is 4.55 Å². The smallest absolute Gasteiger partial charge is 0.269 e. The number of fused-ring (bicyclic) bond motifs is 1. The van der Waals surface area contributed by atoms with E-state index in [0.29, 0.717) is 5.75 Å². The fourth-order valence-corrected chi connectivity index (χ4v) is 4.67. The average Bonchev–Trinajstić information content (AvgIpc) is 2.16. The van der Waals surface area contributed by atoms with E-state index in [-0.39, 0.29) is 5.75 Å². The van der Waals surface area contributed by atoms with Crippen LogP contribution in [-0.4, -0.2) is 13.0 Å². The molecule has 3 nitrogen and oxygen atoms in total. The van der Waals surface area contributed by atoms with Gasteiger partial charge in [0.15, 0.2) is 0 Å². The summed E-state index contributed by atoms with van der Waals surface area (Å²) in [6.45, 7) is 3.83. The number of hydrogen-bond acceptors (Lipinski definition) is 4. The Hall–Kier alpha value is -0.170. The number of rotatable bonds is 3. The van der Waals surface area contributed by atoms with E-state index in [1.54, 1.807) is 11.8 Å². The Labute approximate surface area is 111 Å². The number of benzene rings is 1. The molecule has 1 aliphatic rings. The Balaban J connectivity index is 2.63. The quantitative estimate of drug-likeness (QED) is 0.664. The lowest BCUT2D eigenvalue weighted by atomic mass is 9.94. The average molecular weight is 290 g/mol. The van der Waals surface area contributed by atoms with Gasteiger partial charge in [-0.25, -0.2) is 0 Å². The van der Waals surface area contributed by atoms with Crippen molar-refractivity contribution in [2.24, 2.45) is 0 Å². The van der Waals surface area contributed by atoms with Crippen LogP contribution in [0.4, 0.5) is 0 Å². The van der Waals surface area contributed by atoms with Gasteiger partial charge in [0.25, 0.3) is 10.1 Å². The zero-order chi connectivity index (χ0) is 12.8. The summed E-state index contributed by atoms with van der Waals surface area (Å²) >= 11 is 6.07. The van der Waals surface area contributed by atoms with Gasteiger partial charge >= 0.3 is 0 Å². The molecule has 0 atom stereocenters. The molecular weight excluding hydrogens is 276 g/mol. The molecule has 0 radical (unpaired) electrons. The highest BCUT2D eigenvalue weighted by Gasteiger charge is 2.26. The third kappa shape index (κ3) is 2.36. The van der Waals surface area contributed by atoms with E-state index >= 15 is 0 Å². The third-order valence-electron chi connectivity index (χ3n) is 3.20. The number of hydrogen-bond donors (Lipinski definition) is 2. The summed E-state index contributed by atoms with van der Waals surface area (Å²) in [5, 5.41) is 0. The largest absolute Gasteiger partial charge is 0.285 e. The van der Waals surface area contributed by atoms with Gasteiger partial charge in [0.2, 0.25) is 0 Å². The van der Waals surface area contributed by atoms with Crippen LogP contribution in [0.25, 0.3) is 0 Å². The van der Waals surface area contributed by atoms with Crippen LogP contribution in [-0.2, 0) is 27.4 Å². The first-order chi connectivity index (χ1) is 7.85. The minimum absolute atomic E-state index is 0.302. The van der Waals surface area contributed by atoms with Crippen LogP contribution in [0.5, 0.6) is 0 Å². The van der Waals surface area contributed by atoms with Crippen molar-refractivity contribution < 1.29 is 13.0 Å². The molecule has 1 N–H and O–H groups in total. The van der Waals surface area contributed by atoms with Gasteiger partial charge in [-0.15, -0.1) is 11.8 Å². The maximum Gasteiger partial charge on any atom is 0.269 e. The van der Waals surface area contributed by atoms with E-state index in [1.165, 1.54) is 10.5 Å². The molecule has 1 heterocycles. The molecule has 1 aliphatic heterocycles. The van der Waals surface area contributed by atoms with Gasteiger partial charge in [0.1, 0.15) is 5.75 Å². The highest BCUT2D eigenvalue weighted by molar-refractivity contribution is 8.00. The highest BCUT2D eigenvalue weighted by atomic mass is 32.2. The van der Waals surface area contributed by atoms with Crippen LogP contribution in [0.3, 0.4) is 0 Å². The predicted molar refractivity (Wildman–Crippen MR) is 73.4 cm³/mol. The second kappa shape index (κ2) is 4.50. The summed E-state index contributed by atoms with van der Waals surface area (Å²) in [5.74, 6) is 1.21. The van der Waals surface area contributed by atoms with Crippen LogP contribution < -0.4 is 0 Å². The van der Waals surface area contributed by atoms with Crippen LogP contribution in [0.1, 0.15) is 27.8 Å². The van der Waals surface area contributed by atoms with Gasteiger partial charge in [0.05, 0.1) is 0 Å². The first-order valence-corrected chi connectivity index (χ1v) is 8.40. The van der Waals surface area contributed by atoms with E-state index < -0.39 is 10.1 Å². The number of thiol groups is 1. The zero-order valence-corrected chi connectivity index (χ0v) is 12.2. The van der Waals surface area contributed by atoms with Gasteiger partial charge in [-0.1, -0.05) is 0 Å². The van der Waals surface area contributed by atoms with Crippen LogP contribution in [0.2, 0.25) is 0 Å². The minimum Gasteiger partial charge on any atom is -0.285 e. The van der Waals surface area contributed by atoms with Crippen molar-refractivity contribution in [2.75, 3.05) is 0 Å². The summed E-state index contributed by atoms with van der Waals surface area (Å²) in [6.07, 6.45) is 0. The van der Waals surface area contributed by atoms with Crippen molar-refractivity contribution in [2.45, 2.75) is 36.0 Å². The van der Waals surface area contributed by atoms with E-state index in [1.807, 2.05) is 13.8 Å². The molecule has 0 fully saturated rings. The SMILES string of the molecule is Cc1c(CS(=O)(=O)O)c(C)c2c(c1CS)SC2. The summed E-state index contributed by atoms with van der Waals surface area (Å²) in [7, 11) is -3.98. The monoisotopic (exact) mass is 290 g/mol. The summed E-state index contributed by atoms with van der Waals surface area (Å²) < 4.78 is 31.1. The Kier molecular flexibility index (Phi) is 3.51. The molecule has 0 bridgehead atoms. The predicted octanol–water partition coefficient (Wildman–Crippen LogP) is 2.73. The normalized spacial score (nSPS) is 14.4. The highest BCUT2D eigenvalue weighted by Crippen LogP contribution is 2.46. The molecule has 6 heteroatoms. The fourth-order valence-electron chi connectivity index (χ4n) is 2.17. The van der Waals surface area contributed by atoms with E-state index in [2.05, 4.69) is 12.6 Å². The van der Waals surface area contributed by atoms with E-state index in [9.17, 15) is 8.42 Å². The molecule has 94 valence electrons. The lowest BCUT2D eigenvalue weighted by Gasteiger charge is -2.28. The Morgan fingerprint density at radius 1 is 1.29 bits per heavy atom. The Morgan fingerprint density at radius 3 is 2.35 bits per heavy atom. The van der Waals surface area contributed by atoms with Crippen molar-refractivity contribution in [3.63, 3.8) is 0 Å². The second-order valence-electron chi connectivity index (χ2n) is 4.19. The summed E-state index contributed by atoms with van der Waals surface area (Å²) in [4.78, 5) is 1.24. The van der Waals surface area contributed by atoms with Gasteiger partial charge < -0.3 is 0 Å². The molecule has 0 aliphatic carbocycles. The Bertz CT molecular complexity index is 576. The van der Waals surface area contributed by atoms with Crippen molar-refractivity contribution >= 4 is 34.5 Å². The van der Waals surface area contributed by atoms with Crippen LogP contribution >= 0.6 is 24.4 Å². The maximum atomic E-state index is 11.1. The van der Waals surface area contributed by atoms with E-state index in [0.717, 1.165) is 28.0 Å². The summed E-state index contributed by atoms with van der Waals surface area (Å²) in [5.41, 5.74) is 4.99. The first-order valence-electron chi connectivity index (χ1n) is 5.17. The molecule has 0 saturated heterocycles. The van der Waals surface area contributed by atoms with E-state index in [4.69, 9.17) is 4.55 Å². The lowest BCUT2D eigenvalue weighted by Crippen LogP contribution is -2.13. The number of thioether (sulfide) groups is 1. The molecule has 17 heavy (non-hydrogen) atoms. The third-order valence-corrected chi connectivity index (χ3v) is 5.39. The van der Waals surface area contributed by atoms with Crippen molar-refractivity contribution in [1.82, 2.24) is 0 Å². The molecule has 0 unspecified atom stereocenters.